The summed E-state index contributed by atoms with van der Waals surface area (Å²) in [5.41, 5.74) is 9.25. The van der Waals surface area contributed by atoms with Crippen LogP contribution >= 0.6 is 0 Å². The molecule has 0 amide bonds. The normalized spacial score (nSPS) is 11.9. The third-order valence-electron chi connectivity index (χ3n) is 7.74. The Morgan fingerprint density at radius 1 is 0.846 bits per heavy atom. The number of nitrogens with one attached hydrogen (secondary N) is 1. The zero-order valence-corrected chi connectivity index (χ0v) is 26.8. The average molecular weight is 546 g/mol. The van der Waals surface area contributed by atoms with E-state index in [9.17, 15) is 0 Å². The highest BCUT2D eigenvalue weighted by Crippen LogP contribution is 2.41. The summed E-state index contributed by atoms with van der Waals surface area (Å²) in [4.78, 5) is 20.7. The monoisotopic (exact) mass is 545 g/mol. The Morgan fingerprint density at radius 3 is 2.00 bits per heavy atom. The van der Waals surface area contributed by atoms with Crippen molar-refractivity contribution in [3.8, 4) is 11.5 Å². The summed E-state index contributed by atoms with van der Waals surface area (Å²) < 4.78 is 0. The molecule has 2 heterocycles. The van der Waals surface area contributed by atoms with Gasteiger partial charge in [-0.25, -0.2) is 9.97 Å². The molecule has 0 saturated carbocycles. The highest BCUT2D eigenvalue weighted by atomic mass is 28.3. The molecule has 3 aromatic rings. The van der Waals surface area contributed by atoms with Crippen molar-refractivity contribution < 1.29 is 0 Å². The molecule has 39 heavy (non-hydrogen) atoms. The van der Waals surface area contributed by atoms with E-state index in [2.05, 4.69) is 125 Å². The van der Waals surface area contributed by atoms with Gasteiger partial charge in [0, 0.05) is 57.4 Å². The minimum Gasteiger partial charge on any atom is -0.373 e. The second-order valence-electron chi connectivity index (χ2n) is 11.9. The molecule has 7 nitrogen and oxygen atoms in total. The van der Waals surface area contributed by atoms with E-state index in [-0.39, 0.29) is 0 Å². The SMILES string of the molecule is CC(C)[Si](C#Cc1cc(N(C)C)nc2nc(Nc3ccc(N(C)CCN(C)C)cc3)ncc12)(C(C)C)C(C)C. The van der Waals surface area contributed by atoms with E-state index in [4.69, 9.17) is 9.97 Å². The van der Waals surface area contributed by atoms with E-state index in [0.29, 0.717) is 28.2 Å². The standard InChI is InChI=1S/C31H47N7Si/c1-22(2)39(23(3)4,24(5)6)19-16-25-20-29(37(9)10)34-30-28(25)21-32-31(35-30)33-26-12-14-27(15-13-26)38(11)18-17-36(7)8/h12-15,20-24H,17-18H2,1-11H3,(H,32,33,34,35). The molecule has 0 saturated heterocycles. The van der Waals surface area contributed by atoms with Crippen LogP contribution in [0.5, 0.6) is 0 Å². The maximum absolute atomic E-state index is 4.83. The van der Waals surface area contributed by atoms with Gasteiger partial charge in [-0.1, -0.05) is 47.5 Å². The number of likely N-dealkylation sites (N-methyl/N-ethyl adjacent to an activating group) is 2. The Labute approximate surface area is 237 Å². The molecule has 210 valence electrons. The van der Waals surface area contributed by atoms with Crippen LogP contribution < -0.4 is 15.1 Å². The molecule has 3 rings (SSSR count). The zero-order chi connectivity index (χ0) is 28.9. The summed E-state index contributed by atoms with van der Waals surface area (Å²) in [5, 5.41) is 4.23. The number of rotatable bonds is 10. The van der Waals surface area contributed by atoms with E-state index >= 15 is 0 Å². The summed E-state index contributed by atoms with van der Waals surface area (Å²) in [5.74, 6) is 4.97. The second kappa shape index (κ2) is 12.8. The van der Waals surface area contributed by atoms with Gasteiger partial charge < -0.3 is 20.0 Å². The van der Waals surface area contributed by atoms with E-state index < -0.39 is 8.07 Å². The van der Waals surface area contributed by atoms with Gasteiger partial charge in [0.15, 0.2) is 5.65 Å². The van der Waals surface area contributed by atoms with Gasteiger partial charge in [0.05, 0.1) is 5.39 Å². The largest absolute Gasteiger partial charge is 0.373 e. The summed E-state index contributed by atoms with van der Waals surface area (Å²) in [6.45, 7) is 16.0. The van der Waals surface area contributed by atoms with E-state index in [1.807, 2.05) is 25.2 Å². The number of pyridine rings is 1. The first-order valence-electron chi connectivity index (χ1n) is 14.0. The molecule has 0 unspecified atom stereocenters. The number of anilines is 4. The van der Waals surface area contributed by atoms with E-state index in [1.54, 1.807) is 0 Å². The van der Waals surface area contributed by atoms with Gasteiger partial charge in [-0.05, 0) is 61.1 Å². The van der Waals surface area contributed by atoms with Crippen LogP contribution in [0.4, 0.5) is 23.1 Å². The maximum Gasteiger partial charge on any atom is 0.229 e. The number of fused-ring (bicyclic) bond motifs is 1. The van der Waals surface area contributed by atoms with Crippen LogP contribution in [-0.4, -0.2) is 76.3 Å². The summed E-state index contributed by atoms with van der Waals surface area (Å²) in [6, 6.07) is 10.4. The minimum absolute atomic E-state index is 0.522. The van der Waals surface area contributed by atoms with Crippen LogP contribution in [0.1, 0.15) is 47.1 Å². The van der Waals surface area contributed by atoms with Crippen molar-refractivity contribution in [1.82, 2.24) is 19.9 Å². The van der Waals surface area contributed by atoms with Crippen LogP contribution in [0.25, 0.3) is 11.0 Å². The molecule has 0 aliphatic heterocycles. The lowest BCUT2D eigenvalue weighted by atomic mass is 10.2. The summed E-state index contributed by atoms with van der Waals surface area (Å²) >= 11 is 0. The molecule has 0 aliphatic carbocycles. The smallest absolute Gasteiger partial charge is 0.229 e. The van der Waals surface area contributed by atoms with Crippen molar-refractivity contribution in [3.05, 3.63) is 42.1 Å². The molecule has 0 spiro atoms. The highest BCUT2D eigenvalue weighted by molar-refractivity contribution is 6.90. The minimum atomic E-state index is -1.88. The Hall–Kier alpha value is -3.15. The molecule has 0 fully saturated rings. The van der Waals surface area contributed by atoms with Gasteiger partial charge in [0.25, 0.3) is 0 Å². The summed E-state index contributed by atoms with van der Waals surface area (Å²) in [7, 11) is 8.41. The second-order valence-corrected chi connectivity index (χ2v) is 17.5. The Morgan fingerprint density at radius 2 is 1.46 bits per heavy atom. The van der Waals surface area contributed by atoms with Gasteiger partial charge in [-0.15, -0.1) is 5.54 Å². The van der Waals surface area contributed by atoms with Gasteiger partial charge >= 0.3 is 0 Å². The quantitative estimate of drug-likeness (QED) is 0.234. The molecule has 0 aliphatic rings. The van der Waals surface area contributed by atoms with Crippen LogP contribution in [0, 0.1) is 11.5 Å². The lowest BCUT2D eigenvalue weighted by Gasteiger charge is -2.38. The molecular weight excluding hydrogens is 498 g/mol. The van der Waals surface area contributed by atoms with Gasteiger partial charge in [0.1, 0.15) is 13.9 Å². The number of nitrogens with zero attached hydrogens (tertiary/aromatic N) is 6. The van der Waals surface area contributed by atoms with Crippen molar-refractivity contribution in [2.75, 3.05) is 63.4 Å². The van der Waals surface area contributed by atoms with Gasteiger partial charge in [-0.2, -0.15) is 4.98 Å². The van der Waals surface area contributed by atoms with E-state index in [0.717, 1.165) is 35.5 Å². The Bertz CT molecular complexity index is 1280. The lowest BCUT2D eigenvalue weighted by Crippen LogP contribution is -2.43. The third-order valence-corrected chi connectivity index (χ3v) is 14.0. The number of benzene rings is 1. The summed E-state index contributed by atoms with van der Waals surface area (Å²) in [6.07, 6.45) is 1.86. The van der Waals surface area contributed by atoms with Gasteiger partial charge in [0.2, 0.25) is 5.95 Å². The first kappa shape index (κ1) is 30.4. The Balaban J connectivity index is 1.96. The molecule has 1 N–H and O–H groups in total. The van der Waals surface area contributed by atoms with Crippen LogP contribution in [0.2, 0.25) is 16.6 Å². The van der Waals surface area contributed by atoms with Crippen molar-refractivity contribution in [2.24, 2.45) is 0 Å². The van der Waals surface area contributed by atoms with Gasteiger partial charge in [-0.3, -0.25) is 0 Å². The predicted molar refractivity (Wildman–Crippen MR) is 171 cm³/mol. The van der Waals surface area contributed by atoms with Crippen molar-refractivity contribution in [1.29, 1.82) is 0 Å². The van der Waals surface area contributed by atoms with Crippen molar-refractivity contribution in [2.45, 2.75) is 58.2 Å². The number of hydrogen-bond donors (Lipinski definition) is 1. The fraction of sp³-hybridized carbons (Fsp3) is 0.516. The molecular formula is C31H47N7Si. The fourth-order valence-corrected chi connectivity index (χ4v) is 10.6. The molecule has 1 aromatic carbocycles. The third kappa shape index (κ3) is 7.08. The molecule has 0 radical (unpaired) electrons. The maximum atomic E-state index is 4.83. The lowest BCUT2D eigenvalue weighted by molar-refractivity contribution is 0.416. The molecule has 2 aromatic heterocycles. The first-order valence-corrected chi connectivity index (χ1v) is 16.2. The van der Waals surface area contributed by atoms with Crippen LogP contribution in [0.15, 0.2) is 36.5 Å². The fourth-order valence-electron chi connectivity index (χ4n) is 5.40. The zero-order valence-electron chi connectivity index (χ0n) is 25.8. The topological polar surface area (TPSA) is 60.4 Å². The Kier molecular flexibility index (Phi) is 9.97. The van der Waals surface area contributed by atoms with Crippen LogP contribution in [0.3, 0.4) is 0 Å². The van der Waals surface area contributed by atoms with E-state index in [1.165, 1.54) is 5.69 Å². The predicted octanol–water partition coefficient (Wildman–Crippen LogP) is 6.40. The molecule has 0 bridgehead atoms. The molecule has 8 heteroatoms. The average Bonchev–Trinajstić information content (AvgIpc) is 2.87. The van der Waals surface area contributed by atoms with Crippen molar-refractivity contribution in [3.63, 3.8) is 0 Å². The van der Waals surface area contributed by atoms with Crippen LogP contribution in [-0.2, 0) is 0 Å². The first-order chi connectivity index (χ1) is 18.3. The molecule has 0 atom stereocenters. The number of aromatic nitrogens is 3. The van der Waals surface area contributed by atoms with Crippen molar-refractivity contribution >= 4 is 42.2 Å². The number of hydrogen-bond acceptors (Lipinski definition) is 7. The highest BCUT2D eigenvalue weighted by Gasteiger charge is 2.41.